The summed E-state index contributed by atoms with van der Waals surface area (Å²) in [5.41, 5.74) is 6.43. The number of nitrogens with two attached hydrogens (primary N) is 1. The zero-order chi connectivity index (χ0) is 12.3. The summed E-state index contributed by atoms with van der Waals surface area (Å²) >= 11 is 0. The number of hydrogen-bond acceptors (Lipinski definition) is 3. The van der Waals surface area contributed by atoms with Gasteiger partial charge in [-0.05, 0) is 26.2 Å². The van der Waals surface area contributed by atoms with Crippen molar-refractivity contribution in [3.05, 3.63) is 0 Å². The smallest absolute Gasteiger partial charge is 0.0332 e. The normalized spacial score (nSPS) is 28.4. The largest absolute Gasteiger partial charge is 0.329 e. The second-order valence-electron chi connectivity index (χ2n) is 5.92. The van der Waals surface area contributed by atoms with Gasteiger partial charge < -0.3 is 5.73 Å². The van der Waals surface area contributed by atoms with E-state index in [0.717, 1.165) is 12.6 Å². The van der Waals surface area contributed by atoms with Crippen molar-refractivity contribution in [2.45, 2.75) is 57.5 Å². The molecule has 2 rings (SSSR count). The maximum absolute atomic E-state index is 6.06. The van der Waals surface area contributed by atoms with Gasteiger partial charge in [0, 0.05) is 44.3 Å². The molecule has 2 aliphatic rings. The molecular formula is C14H29N3. The Bertz CT molecular complexity index is 228. The number of rotatable bonds is 4. The molecule has 0 amide bonds. The van der Waals surface area contributed by atoms with Crippen LogP contribution in [0.2, 0.25) is 0 Å². The lowest BCUT2D eigenvalue weighted by Gasteiger charge is -2.46. The fourth-order valence-electron chi connectivity index (χ4n) is 3.58. The van der Waals surface area contributed by atoms with Crippen LogP contribution in [0.5, 0.6) is 0 Å². The molecule has 1 atom stereocenters. The molecule has 3 heteroatoms. The third kappa shape index (κ3) is 2.67. The number of hydrogen-bond donors (Lipinski definition) is 1. The molecule has 2 fully saturated rings. The van der Waals surface area contributed by atoms with Gasteiger partial charge in [0.25, 0.3) is 0 Å². The van der Waals surface area contributed by atoms with Crippen molar-refractivity contribution in [1.29, 1.82) is 0 Å². The molecule has 1 saturated heterocycles. The van der Waals surface area contributed by atoms with E-state index in [4.69, 9.17) is 5.73 Å². The lowest BCUT2D eigenvalue weighted by molar-refractivity contribution is 0.0258. The van der Waals surface area contributed by atoms with Crippen LogP contribution < -0.4 is 5.73 Å². The van der Waals surface area contributed by atoms with E-state index in [9.17, 15) is 0 Å². The molecule has 1 unspecified atom stereocenters. The molecule has 0 aromatic carbocycles. The van der Waals surface area contributed by atoms with Gasteiger partial charge in [0.15, 0.2) is 0 Å². The molecule has 17 heavy (non-hydrogen) atoms. The van der Waals surface area contributed by atoms with E-state index in [0.29, 0.717) is 5.54 Å². The molecule has 0 aromatic heterocycles. The van der Waals surface area contributed by atoms with Crippen LogP contribution in [0.25, 0.3) is 0 Å². The van der Waals surface area contributed by atoms with E-state index in [1.807, 2.05) is 0 Å². The van der Waals surface area contributed by atoms with Gasteiger partial charge in [-0.1, -0.05) is 19.8 Å². The van der Waals surface area contributed by atoms with Crippen molar-refractivity contribution in [2.75, 3.05) is 32.7 Å². The van der Waals surface area contributed by atoms with E-state index >= 15 is 0 Å². The van der Waals surface area contributed by atoms with Crippen LogP contribution in [0, 0.1) is 0 Å². The Morgan fingerprint density at radius 3 is 2.18 bits per heavy atom. The summed E-state index contributed by atoms with van der Waals surface area (Å²) < 4.78 is 0. The lowest BCUT2D eigenvalue weighted by atomic mass is 9.94. The SMILES string of the molecule is CCC(C)N1CCN(C2(CN)CCCC2)CC1. The molecule has 2 N–H and O–H groups in total. The van der Waals surface area contributed by atoms with Crippen molar-refractivity contribution < 1.29 is 0 Å². The quantitative estimate of drug-likeness (QED) is 0.810. The maximum atomic E-state index is 6.06. The summed E-state index contributed by atoms with van der Waals surface area (Å²) in [7, 11) is 0. The van der Waals surface area contributed by atoms with Crippen LogP contribution in [0.15, 0.2) is 0 Å². The Kier molecular flexibility index (Phi) is 4.45. The fraction of sp³-hybridized carbons (Fsp3) is 1.00. The van der Waals surface area contributed by atoms with E-state index in [2.05, 4.69) is 23.6 Å². The molecule has 1 saturated carbocycles. The predicted octanol–water partition coefficient (Wildman–Crippen LogP) is 1.67. The highest BCUT2D eigenvalue weighted by Crippen LogP contribution is 2.35. The Morgan fingerprint density at radius 1 is 1.12 bits per heavy atom. The predicted molar refractivity (Wildman–Crippen MR) is 73.2 cm³/mol. The molecule has 100 valence electrons. The van der Waals surface area contributed by atoms with E-state index in [1.165, 1.54) is 58.3 Å². The molecular weight excluding hydrogens is 210 g/mol. The molecule has 0 aromatic rings. The zero-order valence-electron chi connectivity index (χ0n) is 11.6. The van der Waals surface area contributed by atoms with E-state index in [1.54, 1.807) is 0 Å². The molecule has 1 aliphatic heterocycles. The number of piperazine rings is 1. The minimum Gasteiger partial charge on any atom is -0.329 e. The van der Waals surface area contributed by atoms with Gasteiger partial charge in [0.2, 0.25) is 0 Å². The molecule has 0 bridgehead atoms. The van der Waals surface area contributed by atoms with Gasteiger partial charge in [-0.15, -0.1) is 0 Å². The van der Waals surface area contributed by atoms with Crippen molar-refractivity contribution in [3.8, 4) is 0 Å². The average molecular weight is 239 g/mol. The average Bonchev–Trinajstić information content (AvgIpc) is 2.88. The summed E-state index contributed by atoms with van der Waals surface area (Å²) in [4.78, 5) is 5.33. The first-order chi connectivity index (χ1) is 8.22. The monoisotopic (exact) mass is 239 g/mol. The van der Waals surface area contributed by atoms with Crippen molar-refractivity contribution in [1.82, 2.24) is 9.80 Å². The van der Waals surface area contributed by atoms with Gasteiger partial charge >= 0.3 is 0 Å². The Labute approximate surface area is 106 Å². The Hall–Kier alpha value is -0.120. The highest BCUT2D eigenvalue weighted by Gasteiger charge is 2.39. The summed E-state index contributed by atoms with van der Waals surface area (Å²) in [6, 6.07) is 0.745. The minimum atomic E-state index is 0.363. The topological polar surface area (TPSA) is 32.5 Å². The highest BCUT2D eigenvalue weighted by atomic mass is 15.3. The summed E-state index contributed by atoms with van der Waals surface area (Å²) in [5, 5.41) is 0. The summed E-state index contributed by atoms with van der Waals surface area (Å²) in [6.45, 7) is 10.4. The molecule has 1 aliphatic carbocycles. The first kappa shape index (κ1) is 13.3. The van der Waals surface area contributed by atoms with Crippen LogP contribution in [0.3, 0.4) is 0 Å². The Balaban J connectivity index is 1.89. The summed E-state index contributed by atoms with van der Waals surface area (Å²) in [6.07, 6.45) is 6.67. The van der Waals surface area contributed by atoms with Crippen molar-refractivity contribution in [2.24, 2.45) is 5.73 Å². The first-order valence-corrected chi connectivity index (χ1v) is 7.41. The van der Waals surface area contributed by atoms with E-state index < -0.39 is 0 Å². The zero-order valence-corrected chi connectivity index (χ0v) is 11.6. The summed E-state index contributed by atoms with van der Waals surface area (Å²) in [5.74, 6) is 0. The van der Waals surface area contributed by atoms with Gasteiger partial charge in [0.05, 0.1) is 0 Å². The molecule has 1 heterocycles. The van der Waals surface area contributed by atoms with E-state index in [-0.39, 0.29) is 0 Å². The lowest BCUT2D eigenvalue weighted by Crippen LogP contribution is -2.60. The Morgan fingerprint density at radius 2 is 1.71 bits per heavy atom. The second-order valence-corrected chi connectivity index (χ2v) is 5.92. The molecule has 0 spiro atoms. The fourth-order valence-corrected chi connectivity index (χ4v) is 3.58. The van der Waals surface area contributed by atoms with Crippen molar-refractivity contribution >= 4 is 0 Å². The molecule has 0 radical (unpaired) electrons. The first-order valence-electron chi connectivity index (χ1n) is 7.41. The molecule has 3 nitrogen and oxygen atoms in total. The van der Waals surface area contributed by atoms with Crippen molar-refractivity contribution in [3.63, 3.8) is 0 Å². The van der Waals surface area contributed by atoms with Gasteiger partial charge in [-0.2, -0.15) is 0 Å². The van der Waals surface area contributed by atoms with Gasteiger partial charge in [0.1, 0.15) is 0 Å². The highest BCUT2D eigenvalue weighted by molar-refractivity contribution is 4.97. The van der Waals surface area contributed by atoms with Gasteiger partial charge in [-0.25, -0.2) is 0 Å². The second kappa shape index (κ2) is 5.68. The van der Waals surface area contributed by atoms with Crippen LogP contribution in [-0.2, 0) is 0 Å². The van der Waals surface area contributed by atoms with Crippen LogP contribution in [0.1, 0.15) is 46.0 Å². The third-order valence-corrected chi connectivity index (χ3v) is 5.11. The number of nitrogens with zero attached hydrogens (tertiary/aromatic N) is 2. The maximum Gasteiger partial charge on any atom is 0.0332 e. The minimum absolute atomic E-state index is 0.363. The van der Waals surface area contributed by atoms with Crippen LogP contribution in [-0.4, -0.2) is 54.1 Å². The third-order valence-electron chi connectivity index (χ3n) is 5.11. The van der Waals surface area contributed by atoms with Crippen LogP contribution >= 0.6 is 0 Å². The van der Waals surface area contributed by atoms with Gasteiger partial charge in [-0.3, -0.25) is 9.80 Å². The standard InChI is InChI=1S/C14H29N3/c1-3-13(2)16-8-10-17(11-9-16)14(12-15)6-4-5-7-14/h13H,3-12,15H2,1-2H3. The van der Waals surface area contributed by atoms with Crippen LogP contribution in [0.4, 0.5) is 0 Å².